The Morgan fingerprint density at radius 2 is 1.69 bits per heavy atom. The second-order valence-corrected chi connectivity index (χ2v) is 6.75. The zero-order chi connectivity index (χ0) is 18.5. The van der Waals surface area contributed by atoms with Crippen LogP contribution in [0.2, 0.25) is 0 Å². The Labute approximate surface area is 153 Å². The molecule has 0 aliphatic carbocycles. The van der Waals surface area contributed by atoms with Crippen LogP contribution in [0.25, 0.3) is 11.6 Å². The number of nitro benzene ring substituents is 1. The quantitative estimate of drug-likeness (QED) is 0.355. The van der Waals surface area contributed by atoms with Crippen molar-refractivity contribution in [3.63, 3.8) is 0 Å². The molecule has 134 valence electrons. The van der Waals surface area contributed by atoms with Crippen LogP contribution >= 0.6 is 0 Å². The average Bonchev–Trinajstić information content (AvgIpc) is 2.67. The van der Waals surface area contributed by atoms with Gasteiger partial charge in [-0.1, -0.05) is 37.3 Å². The highest BCUT2D eigenvalue weighted by molar-refractivity contribution is 6.24. The number of hydrogen-bond acceptors (Lipinski definition) is 3. The molecule has 2 aromatic rings. The number of hydrogen-bond donors (Lipinski definition) is 0. The first kappa shape index (κ1) is 17.9. The molecular weight excluding hydrogens is 328 g/mol. The molecule has 5 nitrogen and oxygen atoms in total. The number of carbonyl (C=O) groups excluding carboxylic acids is 1. The maximum atomic E-state index is 13.1. The molecule has 0 spiro atoms. The van der Waals surface area contributed by atoms with E-state index in [1.165, 1.54) is 12.1 Å². The molecule has 1 saturated heterocycles. The molecule has 0 aromatic heterocycles. The summed E-state index contributed by atoms with van der Waals surface area (Å²) in [7, 11) is 0. The lowest BCUT2D eigenvalue weighted by Gasteiger charge is -2.31. The van der Waals surface area contributed by atoms with Gasteiger partial charge in [-0.15, -0.1) is 0 Å². The third-order valence-electron chi connectivity index (χ3n) is 4.80. The maximum absolute atomic E-state index is 13.1. The summed E-state index contributed by atoms with van der Waals surface area (Å²) in [6.45, 7) is 3.75. The minimum atomic E-state index is -0.425. The average molecular weight is 350 g/mol. The van der Waals surface area contributed by atoms with E-state index in [4.69, 9.17) is 0 Å². The van der Waals surface area contributed by atoms with Gasteiger partial charge in [0.05, 0.1) is 4.92 Å². The Morgan fingerprint density at radius 1 is 1.08 bits per heavy atom. The highest BCUT2D eigenvalue weighted by Crippen LogP contribution is 2.25. The third kappa shape index (κ3) is 4.17. The first-order valence-corrected chi connectivity index (χ1v) is 8.85. The number of benzene rings is 2. The molecule has 0 N–H and O–H groups in total. The van der Waals surface area contributed by atoms with Crippen molar-refractivity contribution in [1.82, 2.24) is 4.90 Å². The molecule has 0 bridgehead atoms. The van der Waals surface area contributed by atoms with Gasteiger partial charge in [-0.3, -0.25) is 14.9 Å². The van der Waals surface area contributed by atoms with E-state index in [2.05, 4.69) is 6.92 Å². The fourth-order valence-electron chi connectivity index (χ4n) is 3.13. The molecule has 1 aliphatic rings. The Balaban J connectivity index is 1.93. The largest absolute Gasteiger partial charge is 0.339 e. The van der Waals surface area contributed by atoms with Crippen LogP contribution in [-0.2, 0) is 4.79 Å². The van der Waals surface area contributed by atoms with E-state index in [0.29, 0.717) is 11.5 Å². The summed E-state index contributed by atoms with van der Waals surface area (Å²) in [5.41, 5.74) is 2.29. The van der Waals surface area contributed by atoms with E-state index >= 15 is 0 Å². The molecule has 3 rings (SSSR count). The highest BCUT2D eigenvalue weighted by atomic mass is 16.6. The first-order chi connectivity index (χ1) is 12.5. The van der Waals surface area contributed by atoms with Crippen LogP contribution in [0.5, 0.6) is 0 Å². The molecule has 5 heteroatoms. The fourth-order valence-corrected chi connectivity index (χ4v) is 3.13. The van der Waals surface area contributed by atoms with E-state index < -0.39 is 4.92 Å². The smallest absolute Gasteiger partial charge is 0.269 e. The summed E-state index contributed by atoms with van der Waals surface area (Å²) < 4.78 is 0. The molecule has 0 radical (unpaired) electrons. The Kier molecular flexibility index (Phi) is 5.46. The van der Waals surface area contributed by atoms with Gasteiger partial charge in [-0.05, 0) is 48.1 Å². The Morgan fingerprint density at radius 3 is 2.27 bits per heavy atom. The standard InChI is InChI=1S/C21H22N2O3/c1-16-11-13-22(14-12-16)21(24)20(18-5-3-2-4-6-18)15-17-7-9-19(10-8-17)23(25)26/h2-10,15-16H,11-14H2,1H3/b20-15+. The molecule has 1 heterocycles. The first-order valence-electron chi connectivity index (χ1n) is 8.85. The molecular formula is C21H22N2O3. The van der Waals surface area contributed by atoms with Crippen molar-refractivity contribution in [1.29, 1.82) is 0 Å². The van der Waals surface area contributed by atoms with Gasteiger partial charge in [-0.2, -0.15) is 0 Å². The van der Waals surface area contributed by atoms with E-state index in [0.717, 1.165) is 37.1 Å². The van der Waals surface area contributed by atoms with E-state index in [-0.39, 0.29) is 11.6 Å². The number of non-ortho nitro benzene ring substituents is 1. The SMILES string of the molecule is CC1CCN(C(=O)/C(=C/c2ccc([N+](=O)[O-])cc2)c2ccccc2)CC1. The molecule has 0 unspecified atom stereocenters. The van der Waals surface area contributed by atoms with E-state index in [1.807, 2.05) is 41.3 Å². The molecule has 0 saturated carbocycles. The van der Waals surface area contributed by atoms with Crippen LogP contribution < -0.4 is 0 Å². The molecule has 1 amide bonds. The van der Waals surface area contributed by atoms with Gasteiger partial charge >= 0.3 is 0 Å². The number of amides is 1. The lowest BCUT2D eigenvalue weighted by molar-refractivity contribution is -0.384. The Bertz CT molecular complexity index is 805. The van der Waals surface area contributed by atoms with E-state index in [1.54, 1.807) is 12.1 Å². The minimum Gasteiger partial charge on any atom is -0.339 e. The Hall–Kier alpha value is -2.95. The van der Waals surface area contributed by atoms with Crippen LogP contribution in [-0.4, -0.2) is 28.8 Å². The number of nitrogens with zero attached hydrogens (tertiary/aromatic N) is 2. The van der Waals surface area contributed by atoms with Gasteiger partial charge in [-0.25, -0.2) is 0 Å². The lowest BCUT2D eigenvalue weighted by atomic mass is 9.96. The number of nitro groups is 1. The van der Waals surface area contributed by atoms with Gasteiger partial charge < -0.3 is 4.90 Å². The minimum absolute atomic E-state index is 0.0152. The maximum Gasteiger partial charge on any atom is 0.269 e. The topological polar surface area (TPSA) is 63.5 Å². The van der Waals surface area contributed by atoms with Crippen molar-refractivity contribution < 1.29 is 9.72 Å². The predicted octanol–water partition coefficient (Wildman–Crippen LogP) is 4.39. The van der Waals surface area contributed by atoms with Gasteiger partial charge in [0.1, 0.15) is 0 Å². The summed E-state index contributed by atoms with van der Waals surface area (Å²) in [6.07, 6.45) is 3.86. The van der Waals surface area contributed by atoms with Crippen molar-refractivity contribution in [2.45, 2.75) is 19.8 Å². The van der Waals surface area contributed by atoms with Crippen molar-refractivity contribution in [2.24, 2.45) is 5.92 Å². The summed E-state index contributed by atoms with van der Waals surface area (Å²) in [5.74, 6) is 0.666. The highest BCUT2D eigenvalue weighted by Gasteiger charge is 2.23. The molecule has 1 aliphatic heterocycles. The number of rotatable bonds is 4. The van der Waals surface area contributed by atoms with Crippen molar-refractivity contribution >= 4 is 23.2 Å². The summed E-state index contributed by atoms with van der Waals surface area (Å²) in [4.78, 5) is 25.4. The van der Waals surface area contributed by atoms with Gasteiger partial charge in [0.2, 0.25) is 0 Å². The molecule has 0 atom stereocenters. The second-order valence-electron chi connectivity index (χ2n) is 6.75. The second kappa shape index (κ2) is 7.95. The van der Waals surface area contributed by atoms with Crippen LogP contribution in [0.4, 0.5) is 5.69 Å². The zero-order valence-corrected chi connectivity index (χ0v) is 14.8. The van der Waals surface area contributed by atoms with Crippen LogP contribution in [0, 0.1) is 16.0 Å². The van der Waals surface area contributed by atoms with Gasteiger partial charge in [0.25, 0.3) is 11.6 Å². The van der Waals surface area contributed by atoms with E-state index in [9.17, 15) is 14.9 Å². The molecule has 1 fully saturated rings. The normalized spacial score (nSPS) is 15.7. The van der Waals surface area contributed by atoms with Crippen LogP contribution in [0.3, 0.4) is 0 Å². The van der Waals surface area contributed by atoms with Gasteiger partial charge in [0.15, 0.2) is 0 Å². The molecule has 2 aromatic carbocycles. The third-order valence-corrected chi connectivity index (χ3v) is 4.80. The fraction of sp³-hybridized carbons (Fsp3) is 0.286. The van der Waals surface area contributed by atoms with Crippen molar-refractivity contribution in [3.05, 3.63) is 75.8 Å². The monoisotopic (exact) mass is 350 g/mol. The van der Waals surface area contributed by atoms with Gasteiger partial charge in [0, 0.05) is 30.8 Å². The number of likely N-dealkylation sites (tertiary alicyclic amines) is 1. The lowest BCUT2D eigenvalue weighted by Crippen LogP contribution is -2.38. The summed E-state index contributed by atoms with van der Waals surface area (Å²) >= 11 is 0. The molecule has 26 heavy (non-hydrogen) atoms. The van der Waals surface area contributed by atoms with Crippen LogP contribution in [0.15, 0.2) is 54.6 Å². The van der Waals surface area contributed by atoms with Crippen molar-refractivity contribution in [2.75, 3.05) is 13.1 Å². The predicted molar refractivity (Wildman–Crippen MR) is 102 cm³/mol. The van der Waals surface area contributed by atoms with Crippen molar-refractivity contribution in [3.8, 4) is 0 Å². The number of carbonyl (C=O) groups is 1. The number of piperidine rings is 1. The summed E-state index contributed by atoms with van der Waals surface area (Å²) in [5, 5.41) is 10.8. The summed E-state index contributed by atoms with van der Waals surface area (Å²) in [6, 6.07) is 15.8. The zero-order valence-electron chi connectivity index (χ0n) is 14.8. The van der Waals surface area contributed by atoms with Crippen LogP contribution in [0.1, 0.15) is 30.9 Å².